The largest absolute Gasteiger partial charge is 0.465 e. The summed E-state index contributed by atoms with van der Waals surface area (Å²) in [5, 5.41) is 20.4. The number of hydrogen-bond acceptors (Lipinski definition) is 5. The van der Waals surface area contributed by atoms with E-state index in [-0.39, 0.29) is 44.2 Å². The minimum Gasteiger partial charge on any atom is -0.465 e. The first-order valence-corrected chi connectivity index (χ1v) is 9.03. The summed E-state index contributed by atoms with van der Waals surface area (Å²) in [7, 11) is 0. The van der Waals surface area contributed by atoms with E-state index in [2.05, 4.69) is 15.4 Å². The SMILES string of the molecule is Cc1nnn(Cc2cc(C(F)(F)F)ccc2C=CC(=O)N2CCN(C(=O)O)CC2)n1. The van der Waals surface area contributed by atoms with Crippen LogP contribution in [-0.4, -0.2) is 73.3 Å². The number of carbonyl (C=O) groups is 2. The molecule has 1 aromatic carbocycles. The summed E-state index contributed by atoms with van der Waals surface area (Å²) in [5.41, 5.74) is -0.125. The van der Waals surface area contributed by atoms with Crippen molar-refractivity contribution in [3.05, 3.63) is 46.8 Å². The van der Waals surface area contributed by atoms with Gasteiger partial charge in [0.2, 0.25) is 5.91 Å². The molecule has 0 saturated carbocycles. The van der Waals surface area contributed by atoms with Gasteiger partial charge < -0.3 is 14.9 Å². The Morgan fingerprint density at radius 1 is 1.17 bits per heavy atom. The zero-order valence-corrected chi connectivity index (χ0v) is 16.0. The standard InChI is InChI=1S/C18H19F3N6O3/c1-12-22-24-27(23-12)11-14-10-15(18(19,20)21)4-2-13(14)3-5-16(28)25-6-8-26(9-7-25)17(29)30/h2-5,10H,6-9,11H2,1H3,(H,29,30). The lowest BCUT2D eigenvalue weighted by molar-refractivity contribution is -0.137. The van der Waals surface area contributed by atoms with E-state index >= 15 is 0 Å². The van der Waals surface area contributed by atoms with Crippen LogP contribution < -0.4 is 0 Å². The molecule has 2 heterocycles. The number of alkyl halides is 3. The zero-order valence-electron chi connectivity index (χ0n) is 16.0. The highest BCUT2D eigenvalue weighted by Crippen LogP contribution is 2.31. The summed E-state index contributed by atoms with van der Waals surface area (Å²) in [6.45, 7) is 2.47. The molecule has 1 aliphatic heterocycles. The number of amides is 2. The van der Waals surface area contributed by atoms with Crippen molar-refractivity contribution in [2.24, 2.45) is 0 Å². The summed E-state index contributed by atoms with van der Waals surface area (Å²) in [5.74, 6) is 0.0374. The van der Waals surface area contributed by atoms with E-state index in [1.807, 2.05) is 0 Å². The number of halogens is 3. The number of hydrogen-bond donors (Lipinski definition) is 1. The molecule has 12 heteroatoms. The normalized spacial score (nSPS) is 15.1. The van der Waals surface area contributed by atoms with Gasteiger partial charge >= 0.3 is 12.3 Å². The number of tetrazole rings is 1. The molecule has 0 radical (unpaired) electrons. The van der Waals surface area contributed by atoms with Gasteiger partial charge in [-0.1, -0.05) is 6.07 Å². The van der Waals surface area contributed by atoms with Gasteiger partial charge in [0.15, 0.2) is 5.82 Å². The first-order chi connectivity index (χ1) is 14.1. The average molecular weight is 424 g/mol. The van der Waals surface area contributed by atoms with Crippen molar-refractivity contribution in [1.29, 1.82) is 0 Å². The summed E-state index contributed by atoms with van der Waals surface area (Å²) < 4.78 is 39.3. The predicted octanol–water partition coefficient (Wildman–Crippen LogP) is 1.88. The number of nitrogens with zero attached hydrogens (tertiary/aromatic N) is 6. The molecule has 0 atom stereocenters. The van der Waals surface area contributed by atoms with Crippen LogP contribution in [-0.2, 0) is 17.5 Å². The number of aryl methyl sites for hydroxylation is 1. The molecule has 3 rings (SSSR count). The van der Waals surface area contributed by atoms with Gasteiger partial charge in [0.05, 0.1) is 12.1 Å². The fourth-order valence-electron chi connectivity index (χ4n) is 3.01. The van der Waals surface area contributed by atoms with Crippen molar-refractivity contribution in [2.45, 2.75) is 19.6 Å². The van der Waals surface area contributed by atoms with Crippen molar-refractivity contribution < 1.29 is 27.9 Å². The second-order valence-corrected chi connectivity index (χ2v) is 6.71. The molecule has 0 bridgehead atoms. The van der Waals surface area contributed by atoms with E-state index in [1.54, 1.807) is 6.92 Å². The monoisotopic (exact) mass is 424 g/mol. The third kappa shape index (κ3) is 5.13. The fourth-order valence-corrected chi connectivity index (χ4v) is 3.01. The summed E-state index contributed by atoms with van der Waals surface area (Å²) in [6.07, 6.45) is -2.85. The van der Waals surface area contributed by atoms with Crippen molar-refractivity contribution in [3.63, 3.8) is 0 Å². The summed E-state index contributed by atoms with van der Waals surface area (Å²) >= 11 is 0. The second-order valence-electron chi connectivity index (χ2n) is 6.71. The first-order valence-electron chi connectivity index (χ1n) is 9.03. The van der Waals surface area contributed by atoms with Crippen LogP contribution in [0, 0.1) is 6.92 Å². The van der Waals surface area contributed by atoms with Crippen molar-refractivity contribution in [3.8, 4) is 0 Å². The molecule has 1 aliphatic rings. The van der Waals surface area contributed by atoms with E-state index < -0.39 is 17.8 Å². The van der Waals surface area contributed by atoms with Gasteiger partial charge in [0.25, 0.3) is 0 Å². The van der Waals surface area contributed by atoms with Gasteiger partial charge in [0.1, 0.15) is 0 Å². The Morgan fingerprint density at radius 2 is 1.83 bits per heavy atom. The van der Waals surface area contributed by atoms with Gasteiger partial charge in [-0.15, -0.1) is 10.2 Å². The Bertz CT molecular complexity index is 964. The molecule has 1 N–H and O–H groups in total. The Hall–Kier alpha value is -3.44. The Labute approximate surface area is 169 Å². The lowest BCUT2D eigenvalue weighted by Crippen LogP contribution is -2.49. The van der Waals surface area contributed by atoms with Crippen LogP contribution in [0.15, 0.2) is 24.3 Å². The molecule has 2 aromatic rings. The minimum atomic E-state index is -4.51. The Balaban J connectivity index is 1.78. The molecular formula is C18H19F3N6O3. The molecule has 1 fully saturated rings. The zero-order chi connectivity index (χ0) is 21.9. The minimum absolute atomic E-state index is 0.0457. The molecular weight excluding hydrogens is 405 g/mol. The number of benzene rings is 1. The molecule has 9 nitrogen and oxygen atoms in total. The number of carboxylic acid groups (broad SMARTS) is 1. The summed E-state index contributed by atoms with van der Waals surface area (Å²) in [4.78, 5) is 27.2. The van der Waals surface area contributed by atoms with Crippen LogP contribution in [0.25, 0.3) is 6.08 Å². The first kappa shape index (κ1) is 21.3. The van der Waals surface area contributed by atoms with Crippen LogP contribution in [0.1, 0.15) is 22.5 Å². The highest BCUT2D eigenvalue weighted by Gasteiger charge is 2.31. The van der Waals surface area contributed by atoms with E-state index in [9.17, 15) is 22.8 Å². The second kappa shape index (κ2) is 8.51. The van der Waals surface area contributed by atoms with Gasteiger partial charge in [0, 0.05) is 32.3 Å². The molecule has 160 valence electrons. The van der Waals surface area contributed by atoms with E-state index in [1.165, 1.54) is 32.8 Å². The molecule has 0 aliphatic carbocycles. The number of aromatic nitrogens is 4. The average Bonchev–Trinajstić information content (AvgIpc) is 3.10. The van der Waals surface area contributed by atoms with Gasteiger partial charge in [-0.05, 0) is 41.5 Å². The van der Waals surface area contributed by atoms with Gasteiger partial charge in [-0.2, -0.15) is 18.0 Å². The molecule has 0 spiro atoms. The van der Waals surface area contributed by atoms with Gasteiger partial charge in [-0.3, -0.25) is 4.79 Å². The third-order valence-electron chi connectivity index (χ3n) is 4.60. The highest BCUT2D eigenvalue weighted by molar-refractivity contribution is 5.92. The number of carbonyl (C=O) groups excluding carboxylic acids is 1. The molecule has 0 unspecified atom stereocenters. The summed E-state index contributed by atoms with van der Waals surface area (Å²) in [6, 6.07) is 3.22. The maximum absolute atomic E-state index is 13.1. The number of rotatable bonds is 4. The fraction of sp³-hybridized carbons (Fsp3) is 0.389. The quantitative estimate of drug-likeness (QED) is 0.752. The van der Waals surface area contributed by atoms with Crippen LogP contribution in [0.5, 0.6) is 0 Å². The predicted molar refractivity (Wildman–Crippen MR) is 98.3 cm³/mol. The maximum atomic E-state index is 13.1. The lowest BCUT2D eigenvalue weighted by atomic mass is 10.0. The van der Waals surface area contributed by atoms with E-state index in [0.717, 1.165) is 12.1 Å². The topological polar surface area (TPSA) is 104 Å². The smallest absolute Gasteiger partial charge is 0.416 e. The Kier molecular flexibility index (Phi) is 6.04. The molecule has 1 aromatic heterocycles. The Morgan fingerprint density at radius 3 is 2.40 bits per heavy atom. The van der Waals surface area contributed by atoms with Crippen molar-refractivity contribution in [1.82, 2.24) is 30.0 Å². The van der Waals surface area contributed by atoms with Crippen LogP contribution in [0.3, 0.4) is 0 Å². The molecule has 1 saturated heterocycles. The van der Waals surface area contributed by atoms with E-state index in [0.29, 0.717) is 11.4 Å². The maximum Gasteiger partial charge on any atom is 0.416 e. The van der Waals surface area contributed by atoms with Crippen LogP contribution in [0.4, 0.5) is 18.0 Å². The van der Waals surface area contributed by atoms with E-state index in [4.69, 9.17) is 5.11 Å². The van der Waals surface area contributed by atoms with Crippen molar-refractivity contribution in [2.75, 3.05) is 26.2 Å². The molecule has 2 amide bonds. The molecule has 30 heavy (non-hydrogen) atoms. The van der Waals surface area contributed by atoms with Crippen LogP contribution >= 0.6 is 0 Å². The van der Waals surface area contributed by atoms with Crippen molar-refractivity contribution >= 4 is 18.1 Å². The van der Waals surface area contributed by atoms with Gasteiger partial charge in [-0.25, -0.2) is 4.79 Å². The number of piperazine rings is 1. The van der Waals surface area contributed by atoms with Crippen LogP contribution in [0.2, 0.25) is 0 Å². The highest BCUT2D eigenvalue weighted by atomic mass is 19.4. The lowest BCUT2D eigenvalue weighted by Gasteiger charge is -2.32. The third-order valence-corrected chi connectivity index (χ3v) is 4.60.